The number of rotatable bonds is 4. The van der Waals surface area contributed by atoms with Gasteiger partial charge in [0.2, 0.25) is 0 Å². The fourth-order valence-corrected chi connectivity index (χ4v) is 4.03. The topological polar surface area (TPSA) is 48.1 Å². The number of aromatic amines is 1. The van der Waals surface area contributed by atoms with E-state index in [0.717, 1.165) is 48.9 Å². The maximum atomic E-state index is 4.92. The highest BCUT2D eigenvalue weighted by molar-refractivity contribution is 5.75. The van der Waals surface area contributed by atoms with Crippen LogP contribution in [0.15, 0.2) is 79.0 Å². The van der Waals surface area contributed by atoms with Crippen molar-refractivity contribution in [3.8, 4) is 0 Å². The van der Waals surface area contributed by atoms with E-state index in [1.54, 1.807) is 0 Å². The zero-order valence-corrected chi connectivity index (χ0v) is 15.7. The molecule has 5 nitrogen and oxygen atoms in total. The van der Waals surface area contributed by atoms with E-state index < -0.39 is 0 Å². The van der Waals surface area contributed by atoms with Gasteiger partial charge in [-0.2, -0.15) is 0 Å². The molecule has 1 fully saturated rings. The molecule has 0 bridgehead atoms. The Hall–Kier alpha value is -3.18. The molecule has 0 aliphatic carbocycles. The number of imidazole rings is 1. The maximum Gasteiger partial charge on any atom is 0.129 e. The van der Waals surface area contributed by atoms with Crippen LogP contribution in [0.3, 0.4) is 0 Å². The first kappa shape index (κ1) is 17.0. The van der Waals surface area contributed by atoms with Gasteiger partial charge in [0.25, 0.3) is 0 Å². The maximum absolute atomic E-state index is 4.92. The summed E-state index contributed by atoms with van der Waals surface area (Å²) >= 11 is 0. The first-order valence-corrected chi connectivity index (χ1v) is 9.78. The predicted octanol–water partition coefficient (Wildman–Crippen LogP) is 3.87. The summed E-state index contributed by atoms with van der Waals surface area (Å²) in [5.41, 5.74) is 3.38. The number of H-pyrrole nitrogens is 1. The number of aromatic nitrogens is 3. The molecule has 1 saturated heterocycles. The normalized spacial score (nSPS) is 16.4. The molecule has 1 aliphatic heterocycles. The third kappa shape index (κ3) is 3.25. The number of hydrogen-bond acceptors (Lipinski definition) is 4. The smallest absolute Gasteiger partial charge is 0.129 e. The minimum atomic E-state index is 0.125. The Morgan fingerprint density at radius 1 is 0.786 bits per heavy atom. The van der Waals surface area contributed by atoms with Gasteiger partial charge in [-0.3, -0.25) is 4.90 Å². The molecule has 5 heteroatoms. The van der Waals surface area contributed by atoms with Crippen LogP contribution in [0.2, 0.25) is 0 Å². The minimum absolute atomic E-state index is 0.125. The average Bonchev–Trinajstić information content (AvgIpc) is 3.19. The second kappa shape index (κ2) is 7.44. The molecule has 28 heavy (non-hydrogen) atoms. The molecule has 0 amide bonds. The number of para-hydroxylation sites is 2. The molecule has 4 aromatic rings. The standard InChI is InChI=1S/C23H23N5/c1-2-8-18(9-3-1)22(23-25-19-10-4-5-11-20(19)26-23)28-16-14-27(15-17-28)21-12-6-7-13-24-21/h1-13,22H,14-17H2,(H,25,26). The fourth-order valence-electron chi connectivity index (χ4n) is 4.03. The Balaban J connectivity index is 1.44. The summed E-state index contributed by atoms with van der Waals surface area (Å²) in [6.07, 6.45) is 1.86. The van der Waals surface area contributed by atoms with E-state index in [-0.39, 0.29) is 6.04 Å². The number of piperazine rings is 1. The molecule has 1 atom stereocenters. The summed E-state index contributed by atoms with van der Waals surface area (Å²) in [5, 5.41) is 0. The van der Waals surface area contributed by atoms with Crippen molar-refractivity contribution < 1.29 is 0 Å². The molecule has 1 N–H and O–H groups in total. The van der Waals surface area contributed by atoms with Gasteiger partial charge in [0.15, 0.2) is 0 Å². The Morgan fingerprint density at radius 3 is 2.29 bits per heavy atom. The van der Waals surface area contributed by atoms with Gasteiger partial charge in [-0.15, -0.1) is 0 Å². The van der Waals surface area contributed by atoms with Crippen LogP contribution in [0.25, 0.3) is 11.0 Å². The Morgan fingerprint density at radius 2 is 1.54 bits per heavy atom. The van der Waals surface area contributed by atoms with Gasteiger partial charge in [-0.25, -0.2) is 9.97 Å². The molecule has 5 rings (SSSR count). The van der Waals surface area contributed by atoms with Crippen LogP contribution in [0.4, 0.5) is 5.82 Å². The van der Waals surface area contributed by atoms with Crippen molar-refractivity contribution in [1.29, 1.82) is 0 Å². The number of benzene rings is 2. The van der Waals surface area contributed by atoms with Crippen LogP contribution in [-0.2, 0) is 0 Å². The quantitative estimate of drug-likeness (QED) is 0.593. The van der Waals surface area contributed by atoms with E-state index in [4.69, 9.17) is 4.98 Å². The molecule has 2 aromatic carbocycles. The van der Waals surface area contributed by atoms with E-state index in [1.165, 1.54) is 5.56 Å². The Labute approximate surface area is 164 Å². The van der Waals surface area contributed by atoms with Crippen LogP contribution >= 0.6 is 0 Å². The van der Waals surface area contributed by atoms with Crippen molar-refractivity contribution in [2.45, 2.75) is 6.04 Å². The second-order valence-electron chi connectivity index (χ2n) is 7.16. The van der Waals surface area contributed by atoms with Crippen LogP contribution < -0.4 is 4.90 Å². The lowest BCUT2D eigenvalue weighted by molar-refractivity contribution is 0.206. The fraction of sp³-hybridized carbons (Fsp3) is 0.217. The van der Waals surface area contributed by atoms with E-state index in [2.05, 4.69) is 74.4 Å². The van der Waals surface area contributed by atoms with Gasteiger partial charge in [0.05, 0.1) is 17.1 Å². The van der Waals surface area contributed by atoms with E-state index in [0.29, 0.717) is 0 Å². The highest BCUT2D eigenvalue weighted by Crippen LogP contribution is 2.29. The molecule has 3 heterocycles. The molecular formula is C23H23N5. The number of hydrogen-bond donors (Lipinski definition) is 1. The summed E-state index contributed by atoms with van der Waals surface area (Å²) in [7, 11) is 0. The van der Waals surface area contributed by atoms with Gasteiger partial charge in [0.1, 0.15) is 11.6 Å². The average molecular weight is 369 g/mol. The van der Waals surface area contributed by atoms with E-state index in [9.17, 15) is 0 Å². The SMILES string of the molecule is c1ccc(C(c2nc3ccccc3[nH]2)N2CCN(c3ccccn3)CC2)cc1. The molecule has 0 saturated carbocycles. The predicted molar refractivity (Wildman–Crippen MR) is 112 cm³/mol. The zero-order valence-electron chi connectivity index (χ0n) is 15.7. The first-order valence-electron chi connectivity index (χ1n) is 9.78. The van der Waals surface area contributed by atoms with Gasteiger partial charge in [-0.05, 0) is 29.8 Å². The van der Waals surface area contributed by atoms with Gasteiger partial charge < -0.3 is 9.88 Å². The molecule has 0 spiro atoms. The molecular weight excluding hydrogens is 346 g/mol. The Bertz CT molecular complexity index is 1000. The third-order valence-corrected chi connectivity index (χ3v) is 5.43. The molecule has 1 aliphatic rings. The van der Waals surface area contributed by atoms with Crippen molar-refractivity contribution in [3.05, 3.63) is 90.4 Å². The Kier molecular flexibility index (Phi) is 4.51. The van der Waals surface area contributed by atoms with Crippen molar-refractivity contribution >= 4 is 16.9 Å². The molecule has 140 valence electrons. The number of nitrogens with one attached hydrogen (secondary N) is 1. The summed E-state index contributed by atoms with van der Waals surface area (Å²) < 4.78 is 0. The largest absolute Gasteiger partial charge is 0.354 e. The van der Waals surface area contributed by atoms with Crippen LogP contribution in [0, 0.1) is 0 Å². The number of pyridine rings is 1. The van der Waals surface area contributed by atoms with Gasteiger partial charge in [0, 0.05) is 32.4 Å². The summed E-state index contributed by atoms with van der Waals surface area (Å²) in [6.45, 7) is 3.85. The number of fused-ring (bicyclic) bond motifs is 1. The van der Waals surface area contributed by atoms with Crippen molar-refractivity contribution in [2.24, 2.45) is 0 Å². The van der Waals surface area contributed by atoms with Gasteiger partial charge in [-0.1, -0.05) is 48.5 Å². The van der Waals surface area contributed by atoms with E-state index >= 15 is 0 Å². The lowest BCUT2D eigenvalue weighted by Crippen LogP contribution is -2.48. The second-order valence-corrected chi connectivity index (χ2v) is 7.16. The highest BCUT2D eigenvalue weighted by Gasteiger charge is 2.28. The van der Waals surface area contributed by atoms with Crippen molar-refractivity contribution in [3.63, 3.8) is 0 Å². The molecule has 1 unspecified atom stereocenters. The number of anilines is 1. The zero-order chi connectivity index (χ0) is 18.8. The van der Waals surface area contributed by atoms with Crippen molar-refractivity contribution in [2.75, 3.05) is 31.1 Å². The van der Waals surface area contributed by atoms with Gasteiger partial charge >= 0.3 is 0 Å². The van der Waals surface area contributed by atoms with Crippen LogP contribution in [-0.4, -0.2) is 46.0 Å². The summed E-state index contributed by atoms with van der Waals surface area (Å²) in [5.74, 6) is 2.07. The number of nitrogens with zero attached hydrogens (tertiary/aromatic N) is 4. The highest BCUT2D eigenvalue weighted by atomic mass is 15.3. The lowest BCUT2D eigenvalue weighted by atomic mass is 10.0. The third-order valence-electron chi connectivity index (χ3n) is 5.43. The van der Waals surface area contributed by atoms with E-state index in [1.807, 2.05) is 24.4 Å². The summed E-state index contributed by atoms with van der Waals surface area (Å²) in [4.78, 5) is 17.9. The van der Waals surface area contributed by atoms with Crippen LogP contribution in [0.5, 0.6) is 0 Å². The lowest BCUT2D eigenvalue weighted by Gasteiger charge is -2.39. The minimum Gasteiger partial charge on any atom is -0.354 e. The van der Waals surface area contributed by atoms with Crippen molar-refractivity contribution in [1.82, 2.24) is 19.9 Å². The summed E-state index contributed by atoms with van der Waals surface area (Å²) in [6, 6.07) is 25.1. The monoisotopic (exact) mass is 369 g/mol. The first-order chi connectivity index (χ1) is 13.9. The van der Waals surface area contributed by atoms with Crippen LogP contribution in [0.1, 0.15) is 17.4 Å². The molecule has 2 aromatic heterocycles. The molecule has 0 radical (unpaired) electrons.